The quantitative estimate of drug-likeness (QED) is 0.447. The van der Waals surface area contributed by atoms with Crippen LogP contribution in [-0.2, 0) is 4.79 Å². The smallest absolute Gasteiger partial charge is 0.333 e. The molecule has 0 unspecified atom stereocenters. The summed E-state index contributed by atoms with van der Waals surface area (Å²) < 4.78 is 0. The van der Waals surface area contributed by atoms with Crippen molar-refractivity contribution < 1.29 is 15.0 Å². The van der Waals surface area contributed by atoms with Gasteiger partial charge in [0, 0.05) is 0 Å². The third-order valence-corrected chi connectivity index (χ3v) is 0.935. The Morgan fingerprint density at radius 2 is 2.20 bits per heavy atom. The van der Waals surface area contributed by atoms with Gasteiger partial charge in [-0.05, 0) is 13.0 Å². The highest BCUT2D eigenvalue weighted by Gasteiger charge is 2.01. The van der Waals surface area contributed by atoms with Crippen LogP contribution in [0.2, 0.25) is 0 Å². The summed E-state index contributed by atoms with van der Waals surface area (Å²) >= 11 is 0. The van der Waals surface area contributed by atoms with Gasteiger partial charge in [-0.25, -0.2) is 4.79 Å². The summed E-state index contributed by atoms with van der Waals surface area (Å²) in [7, 11) is 0. The average molecular weight is 142 g/mol. The lowest BCUT2D eigenvalue weighted by molar-refractivity contribution is -0.133. The first kappa shape index (κ1) is 8.91. The van der Waals surface area contributed by atoms with Gasteiger partial charge in [-0.3, -0.25) is 0 Å². The Morgan fingerprint density at radius 3 is 2.50 bits per heavy atom. The molecule has 0 amide bonds. The first-order valence-electron chi connectivity index (χ1n) is 2.88. The molecule has 3 heteroatoms. The van der Waals surface area contributed by atoms with E-state index in [1.807, 2.05) is 0 Å². The first-order valence-corrected chi connectivity index (χ1v) is 2.88. The minimum absolute atomic E-state index is 0.00176. The molecule has 0 aliphatic heterocycles. The fraction of sp³-hybridized carbons (Fsp3) is 0.286. The zero-order chi connectivity index (χ0) is 7.98. The summed E-state index contributed by atoms with van der Waals surface area (Å²) in [6.07, 6.45) is 4.63. The molecule has 0 aromatic heterocycles. The van der Waals surface area contributed by atoms with Crippen molar-refractivity contribution in [2.75, 3.05) is 6.61 Å². The lowest BCUT2D eigenvalue weighted by Gasteiger charge is -1.91. The molecule has 0 rings (SSSR count). The molecule has 0 fully saturated rings. The van der Waals surface area contributed by atoms with Crippen molar-refractivity contribution in [3.63, 3.8) is 0 Å². The van der Waals surface area contributed by atoms with E-state index in [1.54, 1.807) is 19.1 Å². The van der Waals surface area contributed by atoms with E-state index in [0.29, 0.717) is 0 Å². The number of aliphatic hydroxyl groups excluding tert-OH is 1. The van der Waals surface area contributed by atoms with Crippen molar-refractivity contribution >= 4 is 5.97 Å². The predicted molar refractivity (Wildman–Crippen MR) is 37.6 cm³/mol. The standard InChI is InChI=1S/C7H10O3/c1-2-3-4-6(5-8)7(9)10/h2-4,8H,5H2,1H3,(H,9,10)/b3-2+,6-4+. The van der Waals surface area contributed by atoms with Gasteiger partial charge < -0.3 is 10.2 Å². The van der Waals surface area contributed by atoms with E-state index >= 15 is 0 Å². The van der Waals surface area contributed by atoms with Crippen LogP contribution in [0.15, 0.2) is 23.8 Å². The van der Waals surface area contributed by atoms with Crippen LogP contribution in [0.25, 0.3) is 0 Å². The summed E-state index contributed by atoms with van der Waals surface area (Å²) in [5, 5.41) is 16.8. The number of aliphatic hydroxyl groups is 1. The van der Waals surface area contributed by atoms with Crippen molar-refractivity contribution in [1.82, 2.24) is 0 Å². The molecule has 0 saturated heterocycles. The molecule has 0 radical (unpaired) electrons. The van der Waals surface area contributed by atoms with Gasteiger partial charge in [0.1, 0.15) is 0 Å². The number of aliphatic carboxylic acids is 1. The van der Waals surface area contributed by atoms with Crippen molar-refractivity contribution in [3.05, 3.63) is 23.8 Å². The normalized spacial score (nSPS) is 12.4. The Bertz CT molecular complexity index is 168. The zero-order valence-corrected chi connectivity index (χ0v) is 5.74. The number of rotatable bonds is 3. The fourth-order valence-corrected chi connectivity index (χ4v) is 0.404. The van der Waals surface area contributed by atoms with E-state index in [9.17, 15) is 4.79 Å². The summed E-state index contributed by atoms with van der Waals surface area (Å²) in [4.78, 5) is 10.2. The van der Waals surface area contributed by atoms with E-state index in [-0.39, 0.29) is 5.57 Å². The molecule has 0 heterocycles. The fourth-order valence-electron chi connectivity index (χ4n) is 0.404. The summed E-state index contributed by atoms with van der Waals surface area (Å²) in [6.45, 7) is 1.34. The largest absolute Gasteiger partial charge is 0.478 e. The lowest BCUT2D eigenvalue weighted by atomic mass is 10.2. The Hall–Kier alpha value is -1.09. The number of hydrogen-bond donors (Lipinski definition) is 2. The first-order chi connectivity index (χ1) is 4.72. The third-order valence-electron chi connectivity index (χ3n) is 0.935. The van der Waals surface area contributed by atoms with Gasteiger partial charge in [-0.1, -0.05) is 12.2 Å². The number of hydrogen-bond acceptors (Lipinski definition) is 2. The van der Waals surface area contributed by atoms with E-state index in [4.69, 9.17) is 10.2 Å². The maximum absolute atomic E-state index is 10.2. The van der Waals surface area contributed by atoms with Crippen molar-refractivity contribution in [2.45, 2.75) is 6.92 Å². The van der Waals surface area contributed by atoms with Gasteiger partial charge in [0.2, 0.25) is 0 Å². The molecule has 56 valence electrons. The Labute approximate surface area is 59.3 Å². The number of allylic oxidation sites excluding steroid dienone is 3. The van der Waals surface area contributed by atoms with Gasteiger partial charge in [0.05, 0.1) is 12.2 Å². The molecule has 0 aliphatic rings. The second-order valence-electron chi connectivity index (χ2n) is 1.68. The van der Waals surface area contributed by atoms with Gasteiger partial charge in [0.15, 0.2) is 0 Å². The molecule has 0 aromatic carbocycles. The minimum Gasteiger partial charge on any atom is -0.478 e. The number of carboxylic acids is 1. The van der Waals surface area contributed by atoms with Crippen molar-refractivity contribution in [2.24, 2.45) is 0 Å². The molecule has 10 heavy (non-hydrogen) atoms. The molecule has 0 saturated carbocycles. The summed E-state index contributed by atoms with van der Waals surface area (Å²) in [6, 6.07) is 0. The Morgan fingerprint density at radius 1 is 1.60 bits per heavy atom. The maximum atomic E-state index is 10.2. The molecule has 0 spiro atoms. The monoisotopic (exact) mass is 142 g/mol. The summed E-state index contributed by atoms with van der Waals surface area (Å²) in [5.74, 6) is -1.08. The minimum atomic E-state index is -1.08. The molecular formula is C7H10O3. The highest BCUT2D eigenvalue weighted by atomic mass is 16.4. The Kier molecular flexibility index (Phi) is 4.24. The van der Waals surface area contributed by atoms with Gasteiger partial charge in [0.25, 0.3) is 0 Å². The Balaban J connectivity index is 4.18. The summed E-state index contributed by atoms with van der Waals surface area (Å²) in [5.41, 5.74) is -0.00176. The van der Waals surface area contributed by atoms with Crippen molar-refractivity contribution in [3.8, 4) is 0 Å². The number of carboxylic acid groups (broad SMARTS) is 1. The third kappa shape index (κ3) is 3.04. The molecular weight excluding hydrogens is 132 g/mol. The van der Waals surface area contributed by atoms with Crippen LogP contribution in [-0.4, -0.2) is 22.8 Å². The van der Waals surface area contributed by atoms with Gasteiger partial charge in [-0.2, -0.15) is 0 Å². The zero-order valence-electron chi connectivity index (χ0n) is 5.74. The van der Waals surface area contributed by atoms with E-state index < -0.39 is 12.6 Å². The molecule has 2 N–H and O–H groups in total. The average Bonchev–Trinajstić information content (AvgIpc) is 1.89. The highest BCUT2D eigenvalue weighted by Crippen LogP contribution is 1.92. The number of carbonyl (C=O) groups is 1. The van der Waals surface area contributed by atoms with Gasteiger partial charge in [-0.15, -0.1) is 0 Å². The molecule has 0 aromatic rings. The molecule has 0 aliphatic carbocycles. The van der Waals surface area contributed by atoms with Crippen LogP contribution in [0.1, 0.15) is 6.92 Å². The van der Waals surface area contributed by atoms with Crippen LogP contribution in [0.5, 0.6) is 0 Å². The van der Waals surface area contributed by atoms with E-state index in [1.165, 1.54) is 6.08 Å². The van der Waals surface area contributed by atoms with Gasteiger partial charge >= 0.3 is 5.97 Å². The molecule has 3 nitrogen and oxygen atoms in total. The van der Waals surface area contributed by atoms with Crippen LogP contribution >= 0.6 is 0 Å². The van der Waals surface area contributed by atoms with E-state index in [2.05, 4.69) is 0 Å². The highest BCUT2D eigenvalue weighted by molar-refractivity contribution is 5.87. The molecule has 0 bridgehead atoms. The second kappa shape index (κ2) is 4.76. The SMILES string of the molecule is C/C=C/C=C(\CO)C(=O)O. The predicted octanol–water partition coefficient (Wildman–Crippen LogP) is 0.566. The van der Waals surface area contributed by atoms with Crippen LogP contribution in [0, 0.1) is 0 Å². The maximum Gasteiger partial charge on any atom is 0.333 e. The van der Waals surface area contributed by atoms with E-state index in [0.717, 1.165) is 0 Å². The van der Waals surface area contributed by atoms with Crippen LogP contribution in [0.3, 0.4) is 0 Å². The van der Waals surface area contributed by atoms with Crippen molar-refractivity contribution in [1.29, 1.82) is 0 Å². The molecule has 0 atom stereocenters. The lowest BCUT2D eigenvalue weighted by Crippen LogP contribution is -2.03. The van der Waals surface area contributed by atoms with Crippen LogP contribution < -0.4 is 0 Å². The van der Waals surface area contributed by atoms with Crippen LogP contribution in [0.4, 0.5) is 0 Å². The topological polar surface area (TPSA) is 57.5 Å². The second-order valence-corrected chi connectivity index (χ2v) is 1.68.